The van der Waals surface area contributed by atoms with Gasteiger partial charge < -0.3 is 15.8 Å². The summed E-state index contributed by atoms with van der Waals surface area (Å²) in [6, 6.07) is 12.5. The molecule has 0 aliphatic heterocycles. The number of amides is 1. The van der Waals surface area contributed by atoms with E-state index in [0.717, 1.165) is 3.57 Å². The lowest BCUT2D eigenvalue weighted by Crippen LogP contribution is -2.13. The number of benzene rings is 2. The predicted octanol–water partition coefficient (Wildman–Crippen LogP) is 3.13. The summed E-state index contributed by atoms with van der Waals surface area (Å²) in [5, 5.41) is 2.78. The van der Waals surface area contributed by atoms with E-state index < -0.39 is 0 Å². The second-order valence-corrected chi connectivity index (χ2v) is 5.16. The smallest absolute Gasteiger partial charge is 0.255 e. The minimum Gasteiger partial charge on any atom is -0.497 e. The Hall–Kier alpha value is -1.76. The van der Waals surface area contributed by atoms with Crippen LogP contribution in [-0.2, 0) is 0 Å². The van der Waals surface area contributed by atoms with Gasteiger partial charge in [-0.1, -0.05) is 6.07 Å². The molecular weight excluding hydrogens is 355 g/mol. The van der Waals surface area contributed by atoms with Gasteiger partial charge in [-0.05, 0) is 52.9 Å². The van der Waals surface area contributed by atoms with Gasteiger partial charge in [0.15, 0.2) is 0 Å². The first kappa shape index (κ1) is 13.7. The van der Waals surface area contributed by atoms with Crippen LogP contribution in [0.15, 0.2) is 42.5 Å². The van der Waals surface area contributed by atoms with Gasteiger partial charge in [0, 0.05) is 15.2 Å². The number of hydrogen-bond acceptors (Lipinski definition) is 3. The summed E-state index contributed by atoms with van der Waals surface area (Å²) in [5.74, 6) is 0.450. The van der Waals surface area contributed by atoms with E-state index in [1.165, 1.54) is 0 Å². The molecule has 0 unspecified atom stereocenters. The van der Waals surface area contributed by atoms with Gasteiger partial charge in [-0.2, -0.15) is 0 Å². The number of nitrogens with two attached hydrogens (primary N) is 1. The number of carbonyl (C=O) groups is 1. The molecule has 4 nitrogen and oxygen atoms in total. The quantitative estimate of drug-likeness (QED) is 0.646. The second-order valence-electron chi connectivity index (χ2n) is 3.92. The molecule has 0 saturated heterocycles. The maximum absolute atomic E-state index is 12.1. The number of ether oxygens (including phenoxy) is 1. The molecule has 0 aromatic heterocycles. The van der Waals surface area contributed by atoms with Gasteiger partial charge >= 0.3 is 0 Å². The molecule has 0 radical (unpaired) electrons. The third-order valence-corrected chi connectivity index (χ3v) is 3.27. The molecule has 0 aliphatic carbocycles. The molecule has 3 N–H and O–H groups in total. The Kier molecular flexibility index (Phi) is 4.26. The van der Waals surface area contributed by atoms with Crippen molar-refractivity contribution in [1.82, 2.24) is 0 Å². The van der Waals surface area contributed by atoms with Crippen molar-refractivity contribution in [2.45, 2.75) is 0 Å². The van der Waals surface area contributed by atoms with E-state index in [4.69, 9.17) is 10.5 Å². The Labute approximate surface area is 125 Å². The molecule has 0 fully saturated rings. The monoisotopic (exact) mass is 368 g/mol. The Bertz CT molecular complexity index is 614. The van der Waals surface area contributed by atoms with Crippen LogP contribution in [0, 0.1) is 3.57 Å². The van der Waals surface area contributed by atoms with Crippen LogP contribution in [0.2, 0.25) is 0 Å². The highest BCUT2D eigenvalue weighted by Crippen LogP contribution is 2.25. The van der Waals surface area contributed by atoms with Crippen LogP contribution < -0.4 is 15.8 Å². The summed E-state index contributed by atoms with van der Waals surface area (Å²) >= 11 is 2.16. The molecule has 19 heavy (non-hydrogen) atoms. The lowest BCUT2D eigenvalue weighted by molar-refractivity contribution is 0.102. The zero-order chi connectivity index (χ0) is 13.8. The number of nitrogens with one attached hydrogen (secondary N) is 1. The number of nitrogen functional groups attached to an aromatic ring is 1. The molecule has 0 saturated carbocycles. The van der Waals surface area contributed by atoms with Crippen LogP contribution in [0.1, 0.15) is 10.4 Å². The van der Waals surface area contributed by atoms with Crippen molar-refractivity contribution in [2.24, 2.45) is 0 Å². The zero-order valence-corrected chi connectivity index (χ0v) is 12.5. The second kappa shape index (κ2) is 5.92. The molecule has 2 rings (SSSR count). The van der Waals surface area contributed by atoms with E-state index in [0.29, 0.717) is 22.7 Å². The van der Waals surface area contributed by atoms with E-state index in [2.05, 4.69) is 27.9 Å². The summed E-state index contributed by atoms with van der Waals surface area (Å²) in [7, 11) is 1.57. The van der Waals surface area contributed by atoms with Crippen LogP contribution in [0.4, 0.5) is 11.4 Å². The van der Waals surface area contributed by atoms with Gasteiger partial charge in [-0.15, -0.1) is 0 Å². The average molecular weight is 368 g/mol. The Morgan fingerprint density at radius 2 is 2.05 bits per heavy atom. The molecule has 2 aromatic rings. The summed E-state index contributed by atoms with van der Waals surface area (Å²) < 4.78 is 6.11. The van der Waals surface area contributed by atoms with E-state index in [1.807, 2.05) is 18.2 Å². The molecule has 0 aliphatic rings. The number of hydrogen-bond donors (Lipinski definition) is 2. The van der Waals surface area contributed by atoms with Crippen LogP contribution in [-0.4, -0.2) is 13.0 Å². The summed E-state index contributed by atoms with van der Waals surface area (Å²) in [5.41, 5.74) is 7.46. The number of methoxy groups -OCH3 is 1. The van der Waals surface area contributed by atoms with Gasteiger partial charge in [-0.25, -0.2) is 0 Å². The topological polar surface area (TPSA) is 64.3 Å². The highest BCUT2D eigenvalue weighted by molar-refractivity contribution is 14.1. The van der Waals surface area contributed by atoms with Gasteiger partial charge in [0.05, 0.1) is 18.5 Å². The molecule has 0 spiro atoms. The highest BCUT2D eigenvalue weighted by Gasteiger charge is 2.09. The predicted molar refractivity (Wildman–Crippen MR) is 84.5 cm³/mol. The molecule has 98 valence electrons. The van der Waals surface area contributed by atoms with Crippen molar-refractivity contribution in [3.05, 3.63) is 51.6 Å². The van der Waals surface area contributed by atoms with Gasteiger partial charge in [0.2, 0.25) is 0 Å². The fourth-order valence-corrected chi connectivity index (χ4v) is 2.14. The van der Waals surface area contributed by atoms with Crippen molar-refractivity contribution >= 4 is 39.9 Å². The van der Waals surface area contributed by atoms with Crippen molar-refractivity contribution < 1.29 is 9.53 Å². The summed E-state index contributed by atoms with van der Waals surface area (Å²) in [6.45, 7) is 0. The molecule has 5 heteroatoms. The Morgan fingerprint density at radius 3 is 2.74 bits per heavy atom. The molecule has 0 bridgehead atoms. The van der Waals surface area contributed by atoms with Crippen molar-refractivity contribution in [3.8, 4) is 5.75 Å². The van der Waals surface area contributed by atoms with Crippen LogP contribution in [0.5, 0.6) is 5.75 Å². The van der Waals surface area contributed by atoms with E-state index in [1.54, 1.807) is 31.4 Å². The first-order valence-electron chi connectivity index (χ1n) is 5.60. The maximum atomic E-state index is 12.1. The van der Waals surface area contributed by atoms with Crippen molar-refractivity contribution in [3.63, 3.8) is 0 Å². The van der Waals surface area contributed by atoms with Gasteiger partial charge in [0.1, 0.15) is 5.75 Å². The van der Waals surface area contributed by atoms with E-state index in [9.17, 15) is 4.79 Å². The third kappa shape index (κ3) is 3.37. The first-order chi connectivity index (χ1) is 9.10. The number of halogens is 1. The largest absolute Gasteiger partial charge is 0.497 e. The number of carbonyl (C=O) groups excluding carboxylic acids is 1. The highest BCUT2D eigenvalue weighted by atomic mass is 127. The summed E-state index contributed by atoms with van der Waals surface area (Å²) in [6.07, 6.45) is 0. The molecular formula is C14H13IN2O2. The van der Waals surface area contributed by atoms with Gasteiger partial charge in [0.25, 0.3) is 5.91 Å². The molecule has 0 atom stereocenters. The van der Waals surface area contributed by atoms with Crippen LogP contribution in [0.3, 0.4) is 0 Å². The van der Waals surface area contributed by atoms with Gasteiger partial charge in [-0.3, -0.25) is 4.79 Å². The lowest BCUT2D eigenvalue weighted by atomic mass is 10.2. The molecule has 0 heterocycles. The number of anilines is 2. The minimum absolute atomic E-state index is 0.196. The summed E-state index contributed by atoms with van der Waals surface area (Å²) in [4.78, 5) is 12.1. The van der Waals surface area contributed by atoms with E-state index in [-0.39, 0.29) is 5.91 Å². The minimum atomic E-state index is -0.196. The lowest BCUT2D eigenvalue weighted by Gasteiger charge is -2.10. The standard InChI is InChI=1S/C14H13IN2O2/c1-19-11-5-6-12(16)13(8-11)17-14(18)9-3-2-4-10(15)7-9/h2-8H,16H2,1H3,(H,17,18). The fraction of sp³-hybridized carbons (Fsp3) is 0.0714. The first-order valence-corrected chi connectivity index (χ1v) is 6.68. The van der Waals surface area contributed by atoms with Crippen LogP contribution in [0.25, 0.3) is 0 Å². The fourth-order valence-electron chi connectivity index (χ4n) is 1.59. The maximum Gasteiger partial charge on any atom is 0.255 e. The van der Waals surface area contributed by atoms with Crippen molar-refractivity contribution in [2.75, 3.05) is 18.2 Å². The third-order valence-electron chi connectivity index (χ3n) is 2.60. The molecule has 1 amide bonds. The number of rotatable bonds is 3. The Balaban J connectivity index is 2.23. The van der Waals surface area contributed by atoms with E-state index >= 15 is 0 Å². The average Bonchev–Trinajstić information content (AvgIpc) is 2.41. The zero-order valence-electron chi connectivity index (χ0n) is 10.3. The van der Waals surface area contributed by atoms with Crippen molar-refractivity contribution in [1.29, 1.82) is 0 Å². The van der Waals surface area contributed by atoms with Crippen LogP contribution >= 0.6 is 22.6 Å². The molecule has 2 aromatic carbocycles. The normalized spacial score (nSPS) is 10.0. The Morgan fingerprint density at radius 1 is 1.26 bits per heavy atom. The SMILES string of the molecule is COc1ccc(N)c(NC(=O)c2cccc(I)c2)c1.